The number of carbonyl (C=O) groups is 2. The van der Waals surface area contributed by atoms with Gasteiger partial charge in [-0.25, -0.2) is 0 Å². The molecule has 1 heterocycles. The fourth-order valence-corrected chi connectivity index (χ4v) is 2.73. The Balaban J connectivity index is 2.10. The number of aryl methyl sites for hydroxylation is 1. The van der Waals surface area contributed by atoms with Crippen LogP contribution in [0.3, 0.4) is 0 Å². The number of nitrogens with zero attached hydrogens (tertiary/aromatic N) is 1. The first-order valence-corrected chi connectivity index (χ1v) is 7.31. The first kappa shape index (κ1) is 14.8. The van der Waals surface area contributed by atoms with Crippen LogP contribution in [0.4, 0.5) is 0 Å². The normalized spacial score (nSPS) is 19.2. The lowest BCUT2D eigenvalue weighted by Crippen LogP contribution is -2.55. The Kier molecular flexibility index (Phi) is 4.60. The number of nitrogens with one attached hydrogen (secondary N) is 1. The van der Waals surface area contributed by atoms with Crippen LogP contribution in [0.15, 0.2) is 28.7 Å². The van der Waals surface area contributed by atoms with Crippen LogP contribution >= 0.6 is 15.9 Å². The first-order valence-electron chi connectivity index (χ1n) is 6.51. The molecule has 1 aromatic rings. The predicted octanol–water partition coefficient (Wildman–Crippen LogP) is 2.12. The highest BCUT2D eigenvalue weighted by Gasteiger charge is 2.27. The molecule has 1 N–H and O–H groups in total. The zero-order valence-electron chi connectivity index (χ0n) is 11.5. The minimum absolute atomic E-state index is 0.102. The van der Waals surface area contributed by atoms with Crippen molar-refractivity contribution < 1.29 is 9.59 Å². The molecule has 1 saturated heterocycles. The Bertz CT molecular complexity index is 569. The summed E-state index contributed by atoms with van der Waals surface area (Å²) < 4.78 is 0.950. The lowest BCUT2D eigenvalue weighted by atomic mass is 10.1. The number of carbonyl (C=O) groups excluding carboxylic acids is 2. The first-order chi connectivity index (χ1) is 9.49. The van der Waals surface area contributed by atoms with Crippen LogP contribution in [0, 0.1) is 6.92 Å². The molecule has 0 spiro atoms. The molecule has 4 nitrogen and oxygen atoms in total. The van der Waals surface area contributed by atoms with Crippen molar-refractivity contribution in [3.63, 3.8) is 0 Å². The molecule has 2 amide bonds. The molecule has 106 valence electrons. The van der Waals surface area contributed by atoms with Crippen molar-refractivity contribution in [1.29, 1.82) is 0 Å². The molecule has 1 atom stereocenters. The number of halogens is 1. The standard InChI is InChI=1S/C15H17BrN2O2/c1-10-3-4-12(13(16)9-10)5-6-14(19)18-8-7-17-15(20)11(18)2/h3-6,9,11H,7-8H2,1-2H3,(H,17,20). The monoisotopic (exact) mass is 336 g/mol. The highest BCUT2D eigenvalue weighted by Crippen LogP contribution is 2.19. The Morgan fingerprint density at radius 1 is 1.50 bits per heavy atom. The molecule has 0 bridgehead atoms. The van der Waals surface area contributed by atoms with Crippen molar-refractivity contribution >= 4 is 33.8 Å². The number of benzene rings is 1. The van der Waals surface area contributed by atoms with Crippen molar-refractivity contribution in [2.45, 2.75) is 19.9 Å². The molecule has 0 aromatic heterocycles. The Morgan fingerprint density at radius 3 is 2.95 bits per heavy atom. The molecular weight excluding hydrogens is 320 g/mol. The van der Waals surface area contributed by atoms with Gasteiger partial charge in [0.05, 0.1) is 0 Å². The molecule has 1 aromatic carbocycles. The van der Waals surface area contributed by atoms with E-state index in [2.05, 4.69) is 21.2 Å². The average Bonchev–Trinajstić information content (AvgIpc) is 2.40. The van der Waals surface area contributed by atoms with Crippen LogP contribution in [-0.2, 0) is 9.59 Å². The van der Waals surface area contributed by atoms with E-state index in [1.165, 1.54) is 6.08 Å². The average molecular weight is 337 g/mol. The van der Waals surface area contributed by atoms with Crippen LogP contribution in [0.1, 0.15) is 18.1 Å². The topological polar surface area (TPSA) is 49.4 Å². The summed E-state index contributed by atoms with van der Waals surface area (Å²) in [5.41, 5.74) is 2.10. The molecule has 0 saturated carbocycles. The maximum absolute atomic E-state index is 12.1. The van der Waals surface area contributed by atoms with Gasteiger partial charge < -0.3 is 10.2 Å². The fraction of sp³-hybridized carbons (Fsp3) is 0.333. The summed E-state index contributed by atoms with van der Waals surface area (Å²) in [7, 11) is 0. The number of hydrogen-bond donors (Lipinski definition) is 1. The summed E-state index contributed by atoms with van der Waals surface area (Å²) in [4.78, 5) is 25.3. The van der Waals surface area contributed by atoms with E-state index in [1.807, 2.05) is 25.1 Å². The van der Waals surface area contributed by atoms with E-state index in [4.69, 9.17) is 0 Å². The molecule has 1 fully saturated rings. The van der Waals surface area contributed by atoms with Crippen molar-refractivity contribution in [3.8, 4) is 0 Å². The summed E-state index contributed by atoms with van der Waals surface area (Å²) in [5.74, 6) is -0.241. The smallest absolute Gasteiger partial charge is 0.247 e. The Morgan fingerprint density at radius 2 is 2.25 bits per heavy atom. The Hall–Kier alpha value is -1.62. The zero-order chi connectivity index (χ0) is 14.7. The van der Waals surface area contributed by atoms with Gasteiger partial charge in [-0.15, -0.1) is 0 Å². The van der Waals surface area contributed by atoms with Gasteiger partial charge in [-0.05, 0) is 37.1 Å². The van der Waals surface area contributed by atoms with Gasteiger partial charge in [-0.1, -0.05) is 28.1 Å². The molecular formula is C15H17BrN2O2. The summed E-state index contributed by atoms with van der Waals surface area (Å²) in [6.07, 6.45) is 3.29. The predicted molar refractivity (Wildman–Crippen MR) is 82.1 cm³/mol. The molecule has 5 heteroatoms. The number of amides is 2. The van der Waals surface area contributed by atoms with Crippen LogP contribution in [0.5, 0.6) is 0 Å². The SMILES string of the molecule is Cc1ccc(C=CC(=O)N2CCNC(=O)C2C)c(Br)c1. The minimum atomic E-state index is -0.414. The maximum Gasteiger partial charge on any atom is 0.247 e. The highest BCUT2D eigenvalue weighted by atomic mass is 79.9. The summed E-state index contributed by atoms with van der Waals surface area (Å²) in [5, 5.41) is 2.74. The molecule has 0 aliphatic carbocycles. The number of rotatable bonds is 2. The summed E-state index contributed by atoms with van der Waals surface area (Å²) >= 11 is 3.47. The largest absolute Gasteiger partial charge is 0.353 e. The van der Waals surface area contributed by atoms with Gasteiger partial charge in [0, 0.05) is 23.6 Å². The van der Waals surface area contributed by atoms with E-state index in [-0.39, 0.29) is 11.8 Å². The molecule has 20 heavy (non-hydrogen) atoms. The van der Waals surface area contributed by atoms with E-state index < -0.39 is 6.04 Å². The van der Waals surface area contributed by atoms with Gasteiger partial charge in [-0.2, -0.15) is 0 Å². The van der Waals surface area contributed by atoms with Gasteiger partial charge in [0.25, 0.3) is 0 Å². The second-order valence-electron chi connectivity index (χ2n) is 4.86. The van der Waals surface area contributed by atoms with E-state index in [1.54, 1.807) is 17.9 Å². The van der Waals surface area contributed by atoms with Crippen molar-refractivity contribution in [2.75, 3.05) is 13.1 Å². The third kappa shape index (κ3) is 3.28. The van der Waals surface area contributed by atoms with E-state index in [0.717, 1.165) is 15.6 Å². The minimum Gasteiger partial charge on any atom is -0.353 e. The highest BCUT2D eigenvalue weighted by molar-refractivity contribution is 9.10. The third-order valence-electron chi connectivity index (χ3n) is 3.34. The van der Waals surface area contributed by atoms with Crippen molar-refractivity contribution in [1.82, 2.24) is 10.2 Å². The lowest BCUT2D eigenvalue weighted by Gasteiger charge is -2.31. The van der Waals surface area contributed by atoms with Crippen LogP contribution in [-0.4, -0.2) is 35.8 Å². The van der Waals surface area contributed by atoms with E-state index >= 15 is 0 Å². The van der Waals surface area contributed by atoms with Crippen LogP contribution in [0.2, 0.25) is 0 Å². The van der Waals surface area contributed by atoms with Crippen LogP contribution in [0.25, 0.3) is 6.08 Å². The van der Waals surface area contributed by atoms with Gasteiger partial charge in [0.15, 0.2) is 0 Å². The maximum atomic E-state index is 12.1. The number of piperazine rings is 1. The van der Waals surface area contributed by atoms with E-state index in [9.17, 15) is 9.59 Å². The van der Waals surface area contributed by atoms with Gasteiger partial charge in [0.2, 0.25) is 11.8 Å². The van der Waals surface area contributed by atoms with Crippen molar-refractivity contribution in [3.05, 3.63) is 39.9 Å². The summed E-state index contributed by atoms with van der Waals surface area (Å²) in [6.45, 7) is 4.81. The van der Waals surface area contributed by atoms with Gasteiger partial charge in [-0.3, -0.25) is 9.59 Å². The van der Waals surface area contributed by atoms with Gasteiger partial charge >= 0.3 is 0 Å². The Labute approximate surface area is 127 Å². The molecule has 1 aliphatic rings. The fourth-order valence-electron chi connectivity index (χ4n) is 2.11. The quantitative estimate of drug-likeness (QED) is 0.841. The second kappa shape index (κ2) is 6.22. The lowest BCUT2D eigenvalue weighted by molar-refractivity contribution is -0.139. The molecule has 1 unspecified atom stereocenters. The zero-order valence-corrected chi connectivity index (χ0v) is 13.1. The molecule has 1 aliphatic heterocycles. The van der Waals surface area contributed by atoms with Gasteiger partial charge in [0.1, 0.15) is 6.04 Å². The summed E-state index contributed by atoms with van der Waals surface area (Å²) in [6, 6.07) is 5.53. The van der Waals surface area contributed by atoms with Crippen LogP contribution < -0.4 is 5.32 Å². The second-order valence-corrected chi connectivity index (χ2v) is 5.71. The third-order valence-corrected chi connectivity index (χ3v) is 4.03. The van der Waals surface area contributed by atoms with E-state index in [0.29, 0.717) is 13.1 Å². The molecule has 0 radical (unpaired) electrons. The van der Waals surface area contributed by atoms with Crippen molar-refractivity contribution in [2.24, 2.45) is 0 Å². The molecule has 2 rings (SSSR count). The number of hydrogen-bond acceptors (Lipinski definition) is 2.